The highest BCUT2D eigenvalue weighted by Gasteiger charge is 2.48. The molecule has 7 heteroatoms. The van der Waals surface area contributed by atoms with Crippen molar-refractivity contribution in [3.05, 3.63) is 30.1 Å². The van der Waals surface area contributed by atoms with Gasteiger partial charge in [-0.15, -0.1) is 0 Å². The van der Waals surface area contributed by atoms with E-state index in [0.29, 0.717) is 18.0 Å². The van der Waals surface area contributed by atoms with E-state index in [0.717, 1.165) is 13.1 Å². The summed E-state index contributed by atoms with van der Waals surface area (Å²) in [5, 5.41) is 0. The van der Waals surface area contributed by atoms with Gasteiger partial charge in [-0.2, -0.15) is 0 Å². The van der Waals surface area contributed by atoms with Crippen LogP contribution in [0, 0.1) is 5.92 Å². The van der Waals surface area contributed by atoms with E-state index in [1.165, 1.54) is 0 Å². The molecular weight excluding hydrogens is 314 g/mol. The predicted octanol–water partition coefficient (Wildman–Crippen LogP) is 0.661. The molecule has 0 saturated carbocycles. The van der Waals surface area contributed by atoms with Crippen LogP contribution < -0.4 is 0 Å². The maximum Gasteiger partial charge on any atom is 0.255 e. The molecule has 1 amide bonds. The van der Waals surface area contributed by atoms with Gasteiger partial charge in [0.25, 0.3) is 5.91 Å². The number of rotatable bonds is 3. The lowest BCUT2D eigenvalue weighted by Gasteiger charge is -2.44. The van der Waals surface area contributed by atoms with Gasteiger partial charge in [0, 0.05) is 38.1 Å². The second kappa shape index (κ2) is 6.20. The van der Waals surface area contributed by atoms with Crippen LogP contribution in [-0.4, -0.2) is 72.3 Å². The van der Waals surface area contributed by atoms with Crippen molar-refractivity contribution in [3.63, 3.8) is 0 Å². The number of pyridine rings is 1. The minimum atomic E-state index is -3.10. The molecule has 2 fully saturated rings. The molecule has 0 spiro atoms. The molecule has 2 saturated heterocycles. The Bertz CT molecular complexity index is 675. The molecule has 2 aliphatic rings. The van der Waals surface area contributed by atoms with E-state index < -0.39 is 9.84 Å². The number of sulfone groups is 1. The van der Waals surface area contributed by atoms with Crippen LogP contribution in [-0.2, 0) is 9.84 Å². The first-order valence-electron chi connectivity index (χ1n) is 8.03. The highest BCUT2D eigenvalue weighted by Crippen LogP contribution is 2.28. The molecule has 0 bridgehead atoms. The molecule has 126 valence electrons. The zero-order valence-electron chi connectivity index (χ0n) is 13.6. The van der Waals surface area contributed by atoms with E-state index in [9.17, 15) is 13.2 Å². The Morgan fingerprint density at radius 1 is 1.30 bits per heavy atom. The average molecular weight is 337 g/mol. The fourth-order valence-corrected chi connectivity index (χ4v) is 5.64. The number of piperazine rings is 1. The summed E-state index contributed by atoms with van der Waals surface area (Å²) in [6.07, 6.45) is 3.17. The number of carbonyl (C=O) groups is 1. The maximum atomic E-state index is 12.8. The van der Waals surface area contributed by atoms with E-state index in [1.54, 1.807) is 29.4 Å². The number of hydrogen-bond acceptors (Lipinski definition) is 5. The number of hydrogen-bond donors (Lipinski definition) is 0. The van der Waals surface area contributed by atoms with Crippen molar-refractivity contribution in [1.29, 1.82) is 0 Å². The largest absolute Gasteiger partial charge is 0.332 e. The number of nitrogens with zero attached hydrogens (tertiary/aromatic N) is 3. The third kappa shape index (κ3) is 3.40. The SMILES string of the molecule is CC(C)CN1CCN(C(=O)c2cccnc2)C2CS(=O)(=O)CC21. The molecule has 0 aliphatic carbocycles. The molecule has 3 heterocycles. The Labute approximate surface area is 137 Å². The van der Waals surface area contributed by atoms with Crippen molar-refractivity contribution >= 4 is 15.7 Å². The third-order valence-corrected chi connectivity index (χ3v) is 6.26. The van der Waals surface area contributed by atoms with Crippen LogP contribution in [0.25, 0.3) is 0 Å². The maximum absolute atomic E-state index is 12.8. The molecule has 0 N–H and O–H groups in total. The summed E-state index contributed by atoms with van der Waals surface area (Å²) in [5.41, 5.74) is 0.521. The van der Waals surface area contributed by atoms with E-state index in [1.807, 2.05) is 0 Å². The minimum absolute atomic E-state index is 0.0677. The molecule has 0 aromatic carbocycles. The van der Waals surface area contributed by atoms with Gasteiger partial charge in [0.1, 0.15) is 0 Å². The van der Waals surface area contributed by atoms with E-state index in [2.05, 4.69) is 23.7 Å². The van der Waals surface area contributed by atoms with Crippen molar-refractivity contribution in [2.24, 2.45) is 5.92 Å². The lowest BCUT2D eigenvalue weighted by molar-refractivity contribution is 0.0297. The van der Waals surface area contributed by atoms with Gasteiger partial charge in [-0.25, -0.2) is 8.42 Å². The molecule has 2 atom stereocenters. The van der Waals surface area contributed by atoms with Crippen LogP contribution in [0.1, 0.15) is 24.2 Å². The lowest BCUT2D eigenvalue weighted by Crippen LogP contribution is -2.61. The topological polar surface area (TPSA) is 70.6 Å². The molecule has 2 aliphatic heterocycles. The van der Waals surface area contributed by atoms with Crippen LogP contribution in [0.15, 0.2) is 24.5 Å². The van der Waals surface area contributed by atoms with Crippen LogP contribution in [0.5, 0.6) is 0 Å². The summed E-state index contributed by atoms with van der Waals surface area (Å²) in [7, 11) is -3.10. The van der Waals surface area contributed by atoms with Gasteiger partial charge < -0.3 is 4.90 Å². The summed E-state index contributed by atoms with van der Waals surface area (Å²) >= 11 is 0. The third-order valence-electron chi connectivity index (χ3n) is 4.56. The molecule has 1 aromatic rings. The first kappa shape index (κ1) is 16.4. The Morgan fingerprint density at radius 3 is 2.70 bits per heavy atom. The Kier molecular flexibility index (Phi) is 4.42. The fraction of sp³-hybridized carbons (Fsp3) is 0.625. The summed E-state index contributed by atoms with van der Waals surface area (Å²) in [5.74, 6) is 0.577. The molecule has 2 unspecified atom stereocenters. The van der Waals surface area contributed by atoms with Gasteiger partial charge in [0.05, 0.1) is 23.1 Å². The molecule has 6 nitrogen and oxygen atoms in total. The van der Waals surface area contributed by atoms with Gasteiger partial charge in [-0.1, -0.05) is 13.8 Å². The van der Waals surface area contributed by atoms with Gasteiger partial charge in [-0.3, -0.25) is 14.7 Å². The standard InChI is InChI=1S/C16H23N3O3S/c1-12(2)9-18-6-7-19(15-11-23(21,22)10-14(15)18)16(20)13-4-3-5-17-8-13/h3-5,8,12,14-15H,6-7,9-11H2,1-2H3. The van der Waals surface area contributed by atoms with Crippen molar-refractivity contribution in [2.75, 3.05) is 31.1 Å². The van der Waals surface area contributed by atoms with E-state index in [4.69, 9.17) is 0 Å². The van der Waals surface area contributed by atoms with Crippen LogP contribution in [0.3, 0.4) is 0 Å². The highest BCUT2D eigenvalue weighted by molar-refractivity contribution is 7.91. The molecule has 23 heavy (non-hydrogen) atoms. The normalized spacial score (nSPS) is 27.2. The summed E-state index contributed by atoms with van der Waals surface area (Å²) in [6, 6.07) is 3.12. The minimum Gasteiger partial charge on any atom is -0.332 e. The molecule has 1 aromatic heterocycles. The summed E-state index contributed by atoms with van der Waals surface area (Å²) in [6.45, 7) is 6.42. The number of amides is 1. The van der Waals surface area contributed by atoms with Crippen LogP contribution >= 0.6 is 0 Å². The van der Waals surface area contributed by atoms with Gasteiger partial charge in [0.15, 0.2) is 9.84 Å². The van der Waals surface area contributed by atoms with Crippen molar-refractivity contribution in [2.45, 2.75) is 25.9 Å². The zero-order chi connectivity index (χ0) is 16.6. The van der Waals surface area contributed by atoms with Gasteiger partial charge in [0.2, 0.25) is 0 Å². The smallest absolute Gasteiger partial charge is 0.255 e. The molecule has 0 radical (unpaired) electrons. The Morgan fingerprint density at radius 2 is 2.04 bits per heavy atom. The summed E-state index contributed by atoms with van der Waals surface area (Å²) < 4.78 is 24.3. The van der Waals surface area contributed by atoms with Crippen molar-refractivity contribution < 1.29 is 13.2 Å². The predicted molar refractivity (Wildman–Crippen MR) is 87.9 cm³/mol. The van der Waals surface area contributed by atoms with Gasteiger partial charge in [-0.05, 0) is 18.1 Å². The molecular formula is C16H23N3O3S. The van der Waals surface area contributed by atoms with Crippen molar-refractivity contribution in [3.8, 4) is 0 Å². The number of aromatic nitrogens is 1. The van der Waals surface area contributed by atoms with E-state index in [-0.39, 0.29) is 29.5 Å². The fourth-order valence-electron chi connectivity index (χ4n) is 3.63. The zero-order valence-corrected chi connectivity index (χ0v) is 14.4. The first-order chi connectivity index (χ1) is 10.9. The second-order valence-corrected chi connectivity index (χ2v) is 8.99. The van der Waals surface area contributed by atoms with Crippen LogP contribution in [0.4, 0.5) is 0 Å². The number of carbonyl (C=O) groups excluding carboxylic acids is 1. The quantitative estimate of drug-likeness (QED) is 0.810. The average Bonchev–Trinajstić information content (AvgIpc) is 2.83. The Hall–Kier alpha value is -1.47. The number of fused-ring (bicyclic) bond motifs is 1. The monoisotopic (exact) mass is 337 g/mol. The lowest BCUT2D eigenvalue weighted by atomic mass is 10.0. The Balaban J connectivity index is 1.85. The first-order valence-corrected chi connectivity index (χ1v) is 9.85. The second-order valence-electron chi connectivity index (χ2n) is 6.84. The van der Waals surface area contributed by atoms with Gasteiger partial charge >= 0.3 is 0 Å². The van der Waals surface area contributed by atoms with E-state index >= 15 is 0 Å². The summed E-state index contributed by atoms with van der Waals surface area (Å²) in [4.78, 5) is 20.7. The van der Waals surface area contributed by atoms with Crippen molar-refractivity contribution in [1.82, 2.24) is 14.8 Å². The highest BCUT2D eigenvalue weighted by atomic mass is 32.2. The molecule has 3 rings (SSSR count). The van der Waals surface area contributed by atoms with Crippen LogP contribution in [0.2, 0.25) is 0 Å².